The number of hydrogen-bond acceptors (Lipinski definition) is 4. The zero-order valence-corrected chi connectivity index (χ0v) is 11.2. The first kappa shape index (κ1) is 12.0. The topological polar surface area (TPSA) is 28.2 Å². The van der Waals surface area contributed by atoms with Crippen molar-refractivity contribution in [1.82, 2.24) is 15.2 Å². The van der Waals surface area contributed by atoms with Crippen LogP contribution in [0.1, 0.15) is 36.9 Å². The molecule has 1 aromatic heterocycles. The minimum absolute atomic E-state index is 0.552. The van der Waals surface area contributed by atoms with Crippen LogP contribution in [0.15, 0.2) is 5.38 Å². The van der Waals surface area contributed by atoms with Crippen molar-refractivity contribution in [2.24, 2.45) is 0 Å². The Morgan fingerprint density at radius 1 is 1.62 bits per heavy atom. The molecule has 3 nitrogen and oxygen atoms in total. The number of hydrogen-bond donors (Lipinski definition) is 1. The summed E-state index contributed by atoms with van der Waals surface area (Å²) in [5.41, 5.74) is 1.20. The molecule has 0 spiro atoms. The zero-order valence-electron chi connectivity index (χ0n) is 10.4. The number of likely N-dealkylation sites (tertiary alicyclic amines) is 1. The van der Waals surface area contributed by atoms with E-state index in [2.05, 4.69) is 41.5 Å². The van der Waals surface area contributed by atoms with Gasteiger partial charge in [0.1, 0.15) is 0 Å². The summed E-state index contributed by atoms with van der Waals surface area (Å²) in [7, 11) is 2.18. The van der Waals surface area contributed by atoms with Crippen molar-refractivity contribution < 1.29 is 0 Å². The molecule has 1 aromatic rings. The molecule has 1 aliphatic heterocycles. The molecule has 0 radical (unpaired) electrons. The highest BCUT2D eigenvalue weighted by Crippen LogP contribution is 2.19. The third kappa shape index (κ3) is 3.03. The highest BCUT2D eigenvalue weighted by molar-refractivity contribution is 7.09. The van der Waals surface area contributed by atoms with Gasteiger partial charge < -0.3 is 10.2 Å². The van der Waals surface area contributed by atoms with E-state index in [1.165, 1.54) is 30.2 Å². The molecule has 1 atom stereocenters. The van der Waals surface area contributed by atoms with Gasteiger partial charge in [-0.1, -0.05) is 13.8 Å². The van der Waals surface area contributed by atoms with E-state index in [0.717, 1.165) is 6.54 Å². The third-order valence-corrected chi connectivity index (χ3v) is 4.22. The summed E-state index contributed by atoms with van der Waals surface area (Å²) >= 11 is 1.78. The van der Waals surface area contributed by atoms with E-state index < -0.39 is 0 Å². The van der Waals surface area contributed by atoms with Gasteiger partial charge in [-0.05, 0) is 20.0 Å². The first-order chi connectivity index (χ1) is 7.65. The fourth-order valence-corrected chi connectivity index (χ4v) is 2.85. The molecule has 1 saturated heterocycles. The fourth-order valence-electron chi connectivity index (χ4n) is 2.02. The van der Waals surface area contributed by atoms with Gasteiger partial charge in [0.2, 0.25) is 0 Å². The van der Waals surface area contributed by atoms with Gasteiger partial charge in [0, 0.05) is 30.4 Å². The Bertz CT molecular complexity index is 335. The van der Waals surface area contributed by atoms with Crippen LogP contribution in [0, 0.1) is 0 Å². The smallest absolute Gasteiger partial charge is 0.0954 e. The van der Waals surface area contributed by atoms with Gasteiger partial charge in [-0.3, -0.25) is 0 Å². The number of rotatable bonds is 4. The Labute approximate surface area is 102 Å². The zero-order chi connectivity index (χ0) is 11.5. The predicted octanol–water partition coefficient (Wildman–Crippen LogP) is 2.06. The van der Waals surface area contributed by atoms with E-state index in [9.17, 15) is 0 Å². The average molecular weight is 239 g/mol. The number of nitrogens with one attached hydrogen (secondary N) is 1. The minimum Gasteiger partial charge on any atom is -0.307 e. The van der Waals surface area contributed by atoms with Crippen LogP contribution in [-0.4, -0.2) is 36.1 Å². The van der Waals surface area contributed by atoms with Crippen LogP contribution in [0.5, 0.6) is 0 Å². The molecule has 0 bridgehead atoms. The van der Waals surface area contributed by atoms with Gasteiger partial charge in [-0.25, -0.2) is 4.98 Å². The summed E-state index contributed by atoms with van der Waals surface area (Å²) in [6.07, 6.45) is 1.26. The molecule has 4 heteroatoms. The third-order valence-electron chi connectivity index (χ3n) is 3.03. The summed E-state index contributed by atoms with van der Waals surface area (Å²) in [5.74, 6) is 0.552. The van der Waals surface area contributed by atoms with Crippen molar-refractivity contribution in [3.63, 3.8) is 0 Å². The molecule has 0 saturated carbocycles. The largest absolute Gasteiger partial charge is 0.307 e. The van der Waals surface area contributed by atoms with Crippen LogP contribution in [0.2, 0.25) is 0 Å². The highest BCUT2D eigenvalue weighted by atomic mass is 32.1. The second kappa shape index (κ2) is 5.25. The van der Waals surface area contributed by atoms with Crippen molar-refractivity contribution in [2.75, 3.05) is 20.1 Å². The lowest BCUT2D eigenvalue weighted by molar-refractivity contribution is 0.397. The Morgan fingerprint density at radius 3 is 3.00 bits per heavy atom. The van der Waals surface area contributed by atoms with Crippen molar-refractivity contribution in [3.05, 3.63) is 16.1 Å². The molecule has 0 aromatic carbocycles. The predicted molar refractivity (Wildman–Crippen MR) is 68.9 cm³/mol. The summed E-state index contributed by atoms with van der Waals surface area (Å²) in [4.78, 5) is 7.01. The van der Waals surface area contributed by atoms with Crippen LogP contribution in [-0.2, 0) is 6.54 Å². The van der Waals surface area contributed by atoms with E-state index in [-0.39, 0.29) is 0 Å². The minimum atomic E-state index is 0.552. The van der Waals surface area contributed by atoms with Crippen molar-refractivity contribution >= 4 is 11.3 Å². The maximum absolute atomic E-state index is 4.63. The number of aromatic nitrogens is 1. The van der Waals surface area contributed by atoms with Gasteiger partial charge in [0.15, 0.2) is 0 Å². The lowest BCUT2D eigenvalue weighted by Crippen LogP contribution is -2.31. The summed E-state index contributed by atoms with van der Waals surface area (Å²) < 4.78 is 0. The first-order valence-corrected chi connectivity index (χ1v) is 6.89. The van der Waals surface area contributed by atoms with Crippen molar-refractivity contribution in [2.45, 2.75) is 38.8 Å². The average Bonchev–Trinajstić information content (AvgIpc) is 2.83. The summed E-state index contributed by atoms with van der Waals surface area (Å²) in [6.45, 7) is 7.69. The molecular formula is C12H21N3S. The standard InChI is InChI=1S/C12H21N3S/c1-9(2)12-14-11(8-16-12)6-13-10-4-5-15(3)7-10/h8-10,13H,4-7H2,1-3H3. The Hall–Kier alpha value is -0.450. The molecular weight excluding hydrogens is 218 g/mol. The number of nitrogens with zero attached hydrogens (tertiary/aromatic N) is 2. The lowest BCUT2D eigenvalue weighted by atomic mass is 10.2. The maximum Gasteiger partial charge on any atom is 0.0954 e. The van der Waals surface area contributed by atoms with Gasteiger partial charge in [0.25, 0.3) is 0 Å². The number of likely N-dealkylation sites (N-methyl/N-ethyl adjacent to an activating group) is 1. The van der Waals surface area contributed by atoms with Crippen LogP contribution in [0.25, 0.3) is 0 Å². The van der Waals surface area contributed by atoms with Crippen LogP contribution < -0.4 is 5.32 Å². The van der Waals surface area contributed by atoms with Gasteiger partial charge >= 0.3 is 0 Å². The second-order valence-corrected chi connectivity index (χ2v) is 5.85. The molecule has 16 heavy (non-hydrogen) atoms. The first-order valence-electron chi connectivity index (χ1n) is 6.01. The lowest BCUT2D eigenvalue weighted by Gasteiger charge is -2.11. The van der Waals surface area contributed by atoms with Gasteiger partial charge in [0.05, 0.1) is 10.7 Å². The maximum atomic E-state index is 4.63. The monoisotopic (exact) mass is 239 g/mol. The van der Waals surface area contributed by atoms with Gasteiger partial charge in [-0.15, -0.1) is 11.3 Å². The molecule has 1 N–H and O–H groups in total. The molecule has 0 amide bonds. The van der Waals surface area contributed by atoms with E-state index in [0.29, 0.717) is 12.0 Å². The van der Waals surface area contributed by atoms with Crippen LogP contribution in [0.3, 0.4) is 0 Å². The van der Waals surface area contributed by atoms with Crippen molar-refractivity contribution in [3.8, 4) is 0 Å². The molecule has 1 fully saturated rings. The molecule has 0 aliphatic carbocycles. The molecule has 2 rings (SSSR count). The normalized spacial score (nSPS) is 22.1. The Morgan fingerprint density at radius 2 is 2.44 bits per heavy atom. The molecule has 90 valence electrons. The SMILES string of the molecule is CC(C)c1nc(CNC2CCN(C)C2)cs1. The summed E-state index contributed by atoms with van der Waals surface area (Å²) in [5, 5.41) is 7.01. The van der Waals surface area contributed by atoms with E-state index >= 15 is 0 Å². The fraction of sp³-hybridized carbons (Fsp3) is 0.750. The quantitative estimate of drug-likeness (QED) is 0.872. The Kier molecular flexibility index (Phi) is 3.95. The highest BCUT2D eigenvalue weighted by Gasteiger charge is 2.18. The van der Waals surface area contributed by atoms with E-state index in [1.54, 1.807) is 11.3 Å². The molecule has 2 heterocycles. The van der Waals surface area contributed by atoms with Gasteiger partial charge in [-0.2, -0.15) is 0 Å². The molecule has 1 unspecified atom stereocenters. The summed E-state index contributed by atoms with van der Waals surface area (Å²) in [6, 6.07) is 0.647. The molecule has 1 aliphatic rings. The second-order valence-electron chi connectivity index (χ2n) is 4.96. The van der Waals surface area contributed by atoms with Crippen LogP contribution >= 0.6 is 11.3 Å². The van der Waals surface area contributed by atoms with E-state index in [1.807, 2.05) is 0 Å². The van der Waals surface area contributed by atoms with Crippen LogP contribution in [0.4, 0.5) is 0 Å². The number of thiazole rings is 1. The van der Waals surface area contributed by atoms with E-state index in [4.69, 9.17) is 0 Å². The Balaban J connectivity index is 1.80. The van der Waals surface area contributed by atoms with Crippen molar-refractivity contribution in [1.29, 1.82) is 0 Å².